The highest BCUT2D eigenvalue weighted by molar-refractivity contribution is 5.56. The van der Waals surface area contributed by atoms with Gasteiger partial charge in [0.1, 0.15) is 5.82 Å². The minimum absolute atomic E-state index is 0.606. The molecule has 1 aromatic carbocycles. The molecule has 0 radical (unpaired) electrons. The monoisotopic (exact) mass is 327 g/mol. The molecule has 1 atom stereocenters. The number of hydrogen-bond donors (Lipinski definition) is 0. The average molecular weight is 327 g/mol. The van der Waals surface area contributed by atoms with E-state index in [0.717, 1.165) is 64.9 Å². The predicted molar refractivity (Wildman–Crippen MR) is 92.7 cm³/mol. The molecule has 0 aliphatic carbocycles. The molecule has 0 saturated carbocycles. The zero-order valence-electron chi connectivity index (χ0n) is 14.1. The molecule has 5 nitrogen and oxygen atoms in total. The van der Waals surface area contributed by atoms with E-state index >= 15 is 0 Å². The third-order valence-corrected chi connectivity index (χ3v) is 4.89. The summed E-state index contributed by atoms with van der Waals surface area (Å²) < 4.78 is 13.2. The fourth-order valence-electron chi connectivity index (χ4n) is 3.55. The summed E-state index contributed by atoms with van der Waals surface area (Å²) >= 11 is 0. The number of morpholine rings is 1. The van der Waals surface area contributed by atoms with Gasteiger partial charge in [0.2, 0.25) is 0 Å². The molecule has 2 saturated heterocycles. The molecular weight excluding hydrogens is 302 g/mol. The number of nitrogens with zero attached hydrogens (tertiary/aromatic N) is 3. The molecule has 0 amide bonds. The van der Waals surface area contributed by atoms with Crippen LogP contribution in [0.4, 0.5) is 0 Å². The van der Waals surface area contributed by atoms with Gasteiger partial charge < -0.3 is 14.0 Å². The van der Waals surface area contributed by atoms with E-state index < -0.39 is 0 Å². The van der Waals surface area contributed by atoms with Gasteiger partial charge in [0.05, 0.1) is 19.8 Å². The molecule has 2 aromatic rings. The third kappa shape index (κ3) is 3.69. The lowest BCUT2D eigenvalue weighted by molar-refractivity contribution is 0.0342. The maximum atomic E-state index is 5.51. The smallest absolute Gasteiger partial charge is 0.139 e. The lowest BCUT2D eigenvalue weighted by Crippen LogP contribution is -2.35. The standard InChI is InChI=1S/C19H25N3O2/c1-2-16(13-21-7-10-23-11-8-21)12-18(3-1)19-20-5-6-22(19)14-17-4-9-24-15-17/h1-3,5-6,12,17H,4,7-11,13-15H2/t17-/m0/s1. The highest BCUT2D eigenvalue weighted by Crippen LogP contribution is 2.23. The van der Waals surface area contributed by atoms with Crippen LogP contribution in [0.2, 0.25) is 0 Å². The molecule has 0 bridgehead atoms. The Kier molecular flexibility index (Phi) is 4.92. The molecule has 2 aliphatic rings. The fourth-order valence-corrected chi connectivity index (χ4v) is 3.55. The molecule has 1 aromatic heterocycles. The van der Waals surface area contributed by atoms with Crippen molar-refractivity contribution >= 4 is 0 Å². The normalized spacial score (nSPS) is 22.1. The predicted octanol–water partition coefficient (Wildman–Crippen LogP) is 2.42. The van der Waals surface area contributed by atoms with Gasteiger partial charge in [-0.2, -0.15) is 0 Å². The van der Waals surface area contributed by atoms with E-state index in [1.807, 2.05) is 6.20 Å². The van der Waals surface area contributed by atoms with E-state index in [2.05, 4.69) is 44.9 Å². The zero-order valence-corrected chi connectivity index (χ0v) is 14.1. The van der Waals surface area contributed by atoms with E-state index in [-0.39, 0.29) is 0 Å². The van der Waals surface area contributed by atoms with Gasteiger partial charge >= 0.3 is 0 Å². The van der Waals surface area contributed by atoms with E-state index in [1.165, 1.54) is 11.1 Å². The molecular formula is C19H25N3O2. The summed E-state index contributed by atoms with van der Waals surface area (Å²) in [6, 6.07) is 8.78. The number of imidazole rings is 1. The Morgan fingerprint density at radius 3 is 2.88 bits per heavy atom. The van der Waals surface area contributed by atoms with Crippen molar-refractivity contribution in [3.8, 4) is 11.4 Å². The van der Waals surface area contributed by atoms with Crippen molar-refractivity contribution in [1.82, 2.24) is 14.5 Å². The van der Waals surface area contributed by atoms with E-state index in [0.29, 0.717) is 5.92 Å². The Balaban J connectivity index is 1.49. The van der Waals surface area contributed by atoms with Gasteiger partial charge in [0, 0.05) is 56.7 Å². The summed E-state index contributed by atoms with van der Waals surface area (Å²) in [5, 5.41) is 0. The average Bonchev–Trinajstić information content (AvgIpc) is 3.28. The number of ether oxygens (including phenoxy) is 2. The lowest BCUT2D eigenvalue weighted by Gasteiger charge is -2.26. The van der Waals surface area contributed by atoms with Crippen molar-refractivity contribution in [2.45, 2.75) is 19.5 Å². The van der Waals surface area contributed by atoms with Crippen molar-refractivity contribution < 1.29 is 9.47 Å². The van der Waals surface area contributed by atoms with E-state index in [4.69, 9.17) is 9.47 Å². The summed E-state index contributed by atoms with van der Waals surface area (Å²) in [6.07, 6.45) is 5.14. The molecule has 4 rings (SSSR count). The lowest BCUT2D eigenvalue weighted by atomic mass is 10.1. The van der Waals surface area contributed by atoms with Gasteiger partial charge in [0.25, 0.3) is 0 Å². The molecule has 24 heavy (non-hydrogen) atoms. The van der Waals surface area contributed by atoms with Crippen LogP contribution in [0.3, 0.4) is 0 Å². The Morgan fingerprint density at radius 1 is 1.12 bits per heavy atom. The largest absolute Gasteiger partial charge is 0.381 e. The second kappa shape index (κ2) is 7.47. The first-order valence-corrected chi connectivity index (χ1v) is 8.87. The molecule has 0 unspecified atom stereocenters. The summed E-state index contributed by atoms with van der Waals surface area (Å²) in [6.45, 7) is 7.44. The summed E-state index contributed by atoms with van der Waals surface area (Å²) in [7, 11) is 0. The van der Waals surface area contributed by atoms with Crippen LogP contribution in [-0.2, 0) is 22.6 Å². The molecule has 2 fully saturated rings. The summed E-state index contributed by atoms with van der Waals surface area (Å²) in [4.78, 5) is 7.05. The third-order valence-electron chi connectivity index (χ3n) is 4.89. The highest BCUT2D eigenvalue weighted by atomic mass is 16.5. The van der Waals surface area contributed by atoms with Crippen molar-refractivity contribution in [2.24, 2.45) is 5.92 Å². The minimum Gasteiger partial charge on any atom is -0.381 e. The molecule has 5 heteroatoms. The van der Waals surface area contributed by atoms with Crippen molar-refractivity contribution in [1.29, 1.82) is 0 Å². The number of benzene rings is 1. The van der Waals surface area contributed by atoms with E-state index in [1.54, 1.807) is 0 Å². The van der Waals surface area contributed by atoms with Gasteiger partial charge in [-0.25, -0.2) is 4.98 Å². The Hall–Kier alpha value is -1.69. The van der Waals surface area contributed by atoms with Crippen LogP contribution in [0, 0.1) is 5.92 Å². The first-order valence-electron chi connectivity index (χ1n) is 8.87. The SMILES string of the molecule is c1cc(CN2CCOCC2)cc(-c2nccn2C[C@@H]2CCOC2)c1. The second-order valence-electron chi connectivity index (χ2n) is 6.72. The quantitative estimate of drug-likeness (QED) is 0.845. The van der Waals surface area contributed by atoms with Crippen LogP contribution in [0.25, 0.3) is 11.4 Å². The second-order valence-corrected chi connectivity index (χ2v) is 6.72. The van der Waals surface area contributed by atoms with E-state index in [9.17, 15) is 0 Å². The van der Waals surface area contributed by atoms with Crippen LogP contribution in [0.5, 0.6) is 0 Å². The first-order chi connectivity index (χ1) is 11.9. The molecule has 0 spiro atoms. The van der Waals surface area contributed by atoms with Crippen molar-refractivity contribution in [2.75, 3.05) is 39.5 Å². The molecule has 128 valence electrons. The first kappa shape index (κ1) is 15.8. The molecule has 2 aliphatic heterocycles. The van der Waals surface area contributed by atoms with Crippen molar-refractivity contribution in [3.63, 3.8) is 0 Å². The maximum Gasteiger partial charge on any atom is 0.139 e. The topological polar surface area (TPSA) is 39.5 Å². The Bertz CT molecular complexity index is 658. The van der Waals surface area contributed by atoms with Crippen LogP contribution >= 0.6 is 0 Å². The van der Waals surface area contributed by atoms with Crippen LogP contribution in [-0.4, -0.2) is 54.0 Å². The zero-order chi connectivity index (χ0) is 16.2. The van der Waals surface area contributed by atoms with Gasteiger partial charge in [-0.3, -0.25) is 4.90 Å². The van der Waals surface area contributed by atoms with Crippen LogP contribution < -0.4 is 0 Å². The number of rotatable bonds is 5. The van der Waals surface area contributed by atoms with Crippen LogP contribution in [0.1, 0.15) is 12.0 Å². The van der Waals surface area contributed by atoms with Crippen molar-refractivity contribution in [3.05, 3.63) is 42.2 Å². The molecule has 0 N–H and O–H groups in total. The van der Waals surface area contributed by atoms with Gasteiger partial charge in [-0.05, 0) is 18.1 Å². The fraction of sp³-hybridized carbons (Fsp3) is 0.526. The number of hydrogen-bond acceptors (Lipinski definition) is 4. The van der Waals surface area contributed by atoms with Crippen LogP contribution in [0.15, 0.2) is 36.7 Å². The van der Waals surface area contributed by atoms with Gasteiger partial charge in [-0.15, -0.1) is 0 Å². The maximum absolute atomic E-state index is 5.51. The summed E-state index contributed by atoms with van der Waals surface area (Å²) in [5.74, 6) is 1.67. The molecule has 3 heterocycles. The number of aromatic nitrogens is 2. The minimum atomic E-state index is 0.606. The highest BCUT2D eigenvalue weighted by Gasteiger charge is 2.18. The van der Waals surface area contributed by atoms with Gasteiger partial charge in [-0.1, -0.05) is 18.2 Å². The Labute approximate surface area is 143 Å². The Morgan fingerprint density at radius 2 is 2.04 bits per heavy atom. The van der Waals surface area contributed by atoms with Gasteiger partial charge in [0.15, 0.2) is 0 Å². The summed E-state index contributed by atoms with van der Waals surface area (Å²) in [5.41, 5.74) is 2.54.